The molecule has 0 spiro atoms. The minimum Gasteiger partial charge on any atom is -0.505 e. The molecule has 4 aromatic rings. The molecule has 3 aromatic carbocycles. The second-order valence-electron chi connectivity index (χ2n) is 6.81. The molecule has 1 aromatic heterocycles. The summed E-state index contributed by atoms with van der Waals surface area (Å²) in [6.07, 6.45) is -8.11. The van der Waals surface area contributed by atoms with E-state index < -0.39 is 29.2 Å². The van der Waals surface area contributed by atoms with Crippen molar-refractivity contribution in [2.75, 3.05) is 0 Å². The largest absolute Gasteiger partial charge is 0.505 e. The normalized spacial score (nSPS) is 12.3. The first-order valence-electron chi connectivity index (χ1n) is 9.03. The second-order valence-corrected chi connectivity index (χ2v) is 6.81. The number of halogens is 6. The molecule has 1 N–H and O–H groups in total. The van der Waals surface area contributed by atoms with E-state index in [-0.39, 0.29) is 33.2 Å². The van der Waals surface area contributed by atoms with Crippen LogP contribution < -0.4 is 0 Å². The number of aromatic nitrogens is 1. The van der Waals surface area contributed by atoms with Crippen molar-refractivity contribution >= 4 is 10.9 Å². The van der Waals surface area contributed by atoms with Crippen molar-refractivity contribution in [1.29, 1.82) is 0 Å². The van der Waals surface area contributed by atoms with E-state index in [1.54, 1.807) is 0 Å². The lowest BCUT2D eigenvalue weighted by atomic mass is 9.90. The van der Waals surface area contributed by atoms with Gasteiger partial charge in [-0.15, -0.1) is 0 Å². The predicted molar refractivity (Wildman–Crippen MR) is 104 cm³/mol. The molecule has 0 saturated heterocycles. The van der Waals surface area contributed by atoms with Gasteiger partial charge in [0, 0.05) is 17.1 Å². The van der Waals surface area contributed by atoms with Gasteiger partial charge in [-0.25, -0.2) is 0 Å². The molecule has 0 aliphatic rings. The average Bonchev–Trinajstić information content (AvgIpc) is 2.73. The summed E-state index contributed by atoms with van der Waals surface area (Å²) in [7, 11) is 0. The molecule has 8 heteroatoms. The Morgan fingerprint density at radius 1 is 0.613 bits per heavy atom. The van der Waals surface area contributed by atoms with E-state index >= 15 is 0 Å². The molecular formula is C23H13F6NO. The lowest BCUT2D eigenvalue weighted by molar-refractivity contribution is -0.137. The molecule has 0 aliphatic heterocycles. The van der Waals surface area contributed by atoms with Crippen LogP contribution in [0.4, 0.5) is 26.3 Å². The minimum atomic E-state index is -4.73. The molecule has 0 unspecified atom stereocenters. The topological polar surface area (TPSA) is 33.1 Å². The molecule has 0 atom stereocenters. The van der Waals surface area contributed by atoms with Gasteiger partial charge >= 0.3 is 12.4 Å². The van der Waals surface area contributed by atoms with Crippen molar-refractivity contribution in [3.63, 3.8) is 0 Å². The van der Waals surface area contributed by atoms with E-state index in [4.69, 9.17) is 0 Å². The SMILES string of the molecule is Oc1c(-c2ccccc2C(F)(F)F)cc(-c2ccccc2C(F)(F)F)c2cccnc12. The van der Waals surface area contributed by atoms with Gasteiger partial charge in [-0.05, 0) is 41.0 Å². The minimum absolute atomic E-state index is 0.0146. The van der Waals surface area contributed by atoms with Gasteiger partial charge in [0.15, 0.2) is 0 Å². The summed E-state index contributed by atoms with van der Waals surface area (Å²) in [5.41, 5.74) is -2.88. The molecule has 2 nitrogen and oxygen atoms in total. The monoisotopic (exact) mass is 433 g/mol. The van der Waals surface area contributed by atoms with Crippen LogP contribution in [0.15, 0.2) is 72.9 Å². The first-order chi connectivity index (χ1) is 14.6. The predicted octanol–water partition coefficient (Wildman–Crippen LogP) is 7.31. The fourth-order valence-electron chi connectivity index (χ4n) is 3.59. The zero-order valence-corrected chi connectivity index (χ0v) is 15.6. The first kappa shape index (κ1) is 20.7. The third-order valence-corrected chi connectivity index (χ3v) is 4.91. The molecular weight excluding hydrogens is 420 g/mol. The smallest absolute Gasteiger partial charge is 0.417 e. The molecule has 31 heavy (non-hydrogen) atoms. The highest BCUT2D eigenvalue weighted by Crippen LogP contribution is 2.47. The lowest BCUT2D eigenvalue weighted by Crippen LogP contribution is -2.08. The van der Waals surface area contributed by atoms with Gasteiger partial charge in [0.25, 0.3) is 0 Å². The number of hydrogen-bond donors (Lipinski definition) is 1. The van der Waals surface area contributed by atoms with Gasteiger partial charge in [-0.2, -0.15) is 26.3 Å². The van der Waals surface area contributed by atoms with E-state index in [2.05, 4.69) is 4.98 Å². The van der Waals surface area contributed by atoms with Crippen molar-refractivity contribution in [3.05, 3.63) is 84.1 Å². The maximum atomic E-state index is 13.6. The summed E-state index contributed by atoms with van der Waals surface area (Å²) in [4.78, 5) is 4.02. The summed E-state index contributed by atoms with van der Waals surface area (Å²) < 4.78 is 81.7. The van der Waals surface area contributed by atoms with E-state index in [1.807, 2.05) is 0 Å². The Bertz CT molecular complexity index is 1280. The number of fused-ring (bicyclic) bond motifs is 1. The van der Waals surface area contributed by atoms with Crippen molar-refractivity contribution in [2.24, 2.45) is 0 Å². The third-order valence-electron chi connectivity index (χ3n) is 4.91. The Hall–Kier alpha value is -3.55. The van der Waals surface area contributed by atoms with Gasteiger partial charge in [0.05, 0.1) is 11.1 Å². The molecule has 0 bridgehead atoms. The number of alkyl halides is 6. The van der Waals surface area contributed by atoms with E-state index in [0.717, 1.165) is 24.3 Å². The van der Waals surface area contributed by atoms with Gasteiger partial charge in [-0.3, -0.25) is 4.98 Å². The lowest BCUT2D eigenvalue weighted by Gasteiger charge is -2.19. The van der Waals surface area contributed by atoms with Crippen LogP contribution in [0.3, 0.4) is 0 Å². The van der Waals surface area contributed by atoms with Crippen LogP contribution in [-0.4, -0.2) is 10.1 Å². The Morgan fingerprint density at radius 3 is 1.68 bits per heavy atom. The number of phenolic OH excluding ortho intramolecular Hbond substituents is 1. The van der Waals surface area contributed by atoms with Gasteiger partial charge in [-0.1, -0.05) is 42.5 Å². The van der Waals surface area contributed by atoms with Gasteiger partial charge < -0.3 is 5.11 Å². The molecule has 158 valence electrons. The quantitative estimate of drug-likeness (QED) is 0.336. The molecule has 0 fully saturated rings. The van der Waals surface area contributed by atoms with E-state index in [9.17, 15) is 31.4 Å². The van der Waals surface area contributed by atoms with Gasteiger partial charge in [0.2, 0.25) is 0 Å². The maximum Gasteiger partial charge on any atom is 0.417 e. The highest BCUT2D eigenvalue weighted by atomic mass is 19.4. The fraction of sp³-hybridized carbons (Fsp3) is 0.0870. The Balaban J connectivity index is 2.12. The molecule has 0 amide bonds. The van der Waals surface area contributed by atoms with Crippen molar-refractivity contribution < 1.29 is 31.4 Å². The van der Waals surface area contributed by atoms with E-state index in [0.29, 0.717) is 0 Å². The number of rotatable bonds is 2. The number of pyridine rings is 1. The molecule has 0 aliphatic carbocycles. The number of phenols is 1. The second kappa shape index (κ2) is 7.30. The third kappa shape index (κ3) is 3.69. The zero-order chi connectivity index (χ0) is 22.4. The number of hydrogen-bond acceptors (Lipinski definition) is 2. The summed E-state index contributed by atoms with van der Waals surface area (Å²) in [5, 5.41) is 10.9. The first-order valence-corrected chi connectivity index (χ1v) is 9.03. The number of aromatic hydroxyl groups is 1. The molecule has 1 heterocycles. The Morgan fingerprint density at radius 2 is 1.13 bits per heavy atom. The van der Waals surface area contributed by atoms with Gasteiger partial charge in [0.1, 0.15) is 11.3 Å². The fourth-order valence-corrected chi connectivity index (χ4v) is 3.59. The Labute approximate surface area is 172 Å². The number of nitrogens with zero attached hydrogens (tertiary/aromatic N) is 1. The molecule has 0 saturated carbocycles. The summed E-state index contributed by atoms with van der Waals surface area (Å²) in [6.45, 7) is 0. The summed E-state index contributed by atoms with van der Waals surface area (Å²) in [6, 6.07) is 13.4. The van der Waals surface area contributed by atoms with Crippen LogP contribution in [0.1, 0.15) is 11.1 Å². The van der Waals surface area contributed by atoms with Crippen LogP contribution in [0, 0.1) is 0 Å². The Kier molecular flexibility index (Phi) is 4.88. The van der Waals surface area contributed by atoms with Crippen molar-refractivity contribution in [3.8, 4) is 28.0 Å². The summed E-state index contributed by atoms with van der Waals surface area (Å²) >= 11 is 0. The van der Waals surface area contributed by atoms with Crippen molar-refractivity contribution in [1.82, 2.24) is 4.98 Å². The molecule has 0 radical (unpaired) electrons. The average molecular weight is 433 g/mol. The highest BCUT2D eigenvalue weighted by molar-refractivity contribution is 6.03. The zero-order valence-electron chi connectivity index (χ0n) is 15.6. The highest BCUT2D eigenvalue weighted by Gasteiger charge is 2.36. The van der Waals surface area contributed by atoms with Crippen LogP contribution >= 0.6 is 0 Å². The summed E-state index contributed by atoms with van der Waals surface area (Å²) in [5.74, 6) is -0.541. The van der Waals surface area contributed by atoms with Crippen LogP contribution in [0.2, 0.25) is 0 Å². The van der Waals surface area contributed by atoms with Crippen LogP contribution in [0.25, 0.3) is 33.2 Å². The van der Waals surface area contributed by atoms with E-state index in [1.165, 1.54) is 48.7 Å². The molecule has 4 rings (SSSR count). The van der Waals surface area contributed by atoms with Crippen molar-refractivity contribution in [2.45, 2.75) is 12.4 Å². The van der Waals surface area contributed by atoms with Crippen LogP contribution in [0.5, 0.6) is 5.75 Å². The number of benzene rings is 3. The standard InChI is InChI=1S/C23H13F6NO/c24-22(25,26)18-9-3-1-6-13(18)16-12-17(21(31)20-15(16)8-5-11-30-20)14-7-2-4-10-19(14)23(27,28)29/h1-12,31H. The maximum absolute atomic E-state index is 13.6. The van der Waals surface area contributed by atoms with Crippen LogP contribution in [-0.2, 0) is 12.4 Å².